The van der Waals surface area contributed by atoms with Crippen molar-refractivity contribution >= 4 is 12.0 Å². The summed E-state index contributed by atoms with van der Waals surface area (Å²) in [6.45, 7) is -4.52. The molecule has 1 saturated heterocycles. The standard InChI is InChI=1S/C19H21F5N2O4/c20-17(21)30-12-6-7-13-11(9-12)3-1-4-14(13)25-16(27)15-5-2-8-26(15)18(28)29-10-19(22,23)24/h6-7,9,14-15,17H,1-5,8,10H2,(H,25,27). The van der Waals surface area contributed by atoms with Gasteiger partial charge in [-0.25, -0.2) is 4.79 Å². The van der Waals surface area contributed by atoms with Crippen molar-refractivity contribution in [1.82, 2.24) is 10.2 Å². The SMILES string of the molecule is O=C(NC1CCCc2cc(OC(F)F)ccc21)C1CCCN1C(=O)OCC(F)(F)F. The molecule has 0 bridgehead atoms. The molecule has 1 aromatic carbocycles. The Morgan fingerprint density at radius 3 is 2.67 bits per heavy atom. The molecular weight excluding hydrogens is 415 g/mol. The number of alkyl halides is 5. The second-order valence-corrected chi connectivity index (χ2v) is 7.21. The van der Waals surface area contributed by atoms with E-state index in [1.165, 1.54) is 12.1 Å². The summed E-state index contributed by atoms with van der Waals surface area (Å²) in [5, 5.41) is 2.83. The van der Waals surface area contributed by atoms with Crippen molar-refractivity contribution in [3.63, 3.8) is 0 Å². The molecule has 3 rings (SSSR count). The molecule has 0 radical (unpaired) electrons. The maximum atomic E-state index is 12.7. The van der Waals surface area contributed by atoms with Crippen molar-refractivity contribution in [2.75, 3.05) is 13.2 Å². The van der Waals surface area contributed by atoms with Gasteiger partial charge in [0.15, 0.2) is 6.61 Å². The third-order valence-electron chi connectivity index (χ3n) is 5.12. The molecule has 0 saturated carbocycles. The fourth-order valence-corrected chi connectivity index (χ4v) is 3.87. The van der Waals surface area contributed by atoms with Crippen molar-refractivity contribution in [3.8, 4) is 5.75 Å². The summed E-state index contributed by atoms with van der Waals surface area (Å²) in [6, 6.07) is 3.21. The number of rotatable bonds is 5. The highest BCUT2D eigenvalue weighted by Crippen LogP contribution is 2.33. The Balaban J connectivity index is 1.65. The van der Waals surface area contributed by atoms with E-state index < -0.39 is 43.5 Å². The zero-order chi connectivity index (χ0) is 21.9. The van der Waals surface area contributed by atoms with Gasteiger partial charge < -0.3 is 14.8 Å². The van der Waals surface area contributed by atoms with Gasteiger partial charge in [-0.05, 0) is 55.4 Å². The molecule has 6 nitrogen and oxygen atoms in total. The van der Waals surface area contributed by atoms with E-state index in [4.69, 9.17) is 0 Å². The van der Waals surface area contributed by atoms with Crippen LogP contribution in [0.1, 0.15) is 42.9 Å². The van der Waals surface area contributed by atoms with Gasteiger partial charge in [0, 0.05) is 6.54 Å². The first kappa shape index (κ1) is 22.1. The van der Waals surface area contributed by atoms with Gasteiger partial charge in [0.25, 0.3) is 0 Å². The van der Waals surface area contributed by atoms with Crippen LogP contribution in [0.3, 0.4) is 0 Å². The zero-order valence-electron chi connectivity index (χ0n) is 15.9. The largest absolute Gasteiger partial charge is 0.440 e. The smallest absolute Gasteiger partial charge is 0.422 e. The van der Waals surface area contributed by atoms with Gasteiger partial charge in [-0.2, -0.15) is 22.0 Å². The van der Waals surface area contributed by atoms with Gasteiger partial charge in [0.2, 0.25) is 5.91 Å². The van der Waals surface area contributed by atoms with E-state index >= 15 is 0 Å². The summed E-state index contributed by atoms with van der Waals surface area (Å²) in [6.07, 6.45) is -3.09. The van der Waals surface area contributed by atoms with E-state index in [0.29, 0.717) is 32.1 Å². The second-order valence-electron chi connectivity index (χ2n) is 7.21. The maximum Gasteiger partial charge on any atom is 0.422 e. The Bertz CT molecular complexity index is 787. The van der Waals surface area contributed by atoms with Crippen molar-refractivity contribution < 1.29 is 41.0 Å². The molecular formula is C19H21F5N2O4. The van der Waals surface area contributed by atoms with Crippen LogP contribution >= 0.6 is 0 Å². The molecule has 11 heteroatoms. The minimum atomic E-state index is -4.65. The molecule has 0 spiro atoms. The van der Waals surface area contributed by atoms with Crippen LogP contribution in [0.2, 0.25) is 0 Å². The number of amides is 2. The van der Waals surface area contributed by atoms with E-state index in [1.54, 1.807) is 6.07 Å². The van der Waals surface area contributed by atoms with E-state index in [1.807, 2.05) is 0 Å². The number of carbonyl (C=O) groups excluding carboxylic acids is 2. The van der Waals surface area contributed by atoms with Crippen LogP contribution in [0.4, 0.5) is 26.7 Å². The fourth-order valence-electron chi connectivity index (χ4n) is 3.87. The number of hydrogen-bond donors (Lipinski definition) is 1. The van der Waals surface area contributed by atoms with Crippen LogP contribution in [0.5, 0.6) is 5.75 Å². The highest BCUT2D eigenvalue weighted by atomic mass is 19.4. The number of aryl methyl sites for hydroxylation is 1. The Morgan fingerprint density at radius 2 is 1.97 bits per heavy atom. The Morgan fingerprint density at radius 1 is 1.20 bits per heavy atom. The molecule has 2 aliphatic rings. The first-order valence-electron chi connectivity index (χ1n) is 9.52. The van der Waals surface area contributed by atoms with Crippen LogP contribution in [0.15, 0.2) is 18.2 Å². The monoisotopic (exact) mass is 436 g/mol. The maximum absolute atomic E-state index is 12.7. The molecule has 1 heterocycles. The summed E-state index contributed by atoms with van der Waals surface area (Å²) in [7, 11) is 0. The Hall–Kier alpha value is -2.59. The van der Waals surface area contributed by atoms with Gasteiger partial charge >= 0.3 is 18.9 Å². The van der Waals surface area contributed by atoms with Crippen molar-refractivity contribution in [3.05, 3.63) is 29.3 Å². The number of halogens is 5. The molecule has 166 valence electrons. The second kappa shape index (κ2) is 9.05. The predicted octanol–water partition coefficient (Wildman–Crippen LogP) is 3.94. The summed E-state index contributed by atoms with van der Waals surface area (Å²) >= 11 is 0. The van der Waals surface area contributed by atoms with Gasteiger partial charge in [0.1, 0.15) is 11.8 Å². The molecule has 2 atom stereocenters. The Kier molecular flexibility index (Phi) is 6.67. The third-order valence-corrected chi connectivity index (χ3v) is 5.12. The van der Waals surface area contributed by atoms with Gasteiger partial charge in [-0.1, -0.05) is 6.07 Å². The molecule has 1 aromatic rings. The average molecular weight is 436 g/mol. The van der Waals surface area contributed by atoms with Gasteiger partial charge in [-0.15, -0.1) is 0 Å². The van der Waals surface area contributed by atoms with Crippen molar-refractivity contribution in [2.24, 2.45) is 0 Å². The van der Waals surface area contributed by atoms with Crippen LogP contribution in [-0.4, -0.2) is 48.9 Å². The lowest BCUT2D eigenvalue weighted by atomic mass is 9.87. The van der Waals surface area contributed by atoms with Crippen LogP contribution < -0.4 is 10.1 Å². The number of hydrogen-bond acceptors (Lipinski definition) is 4. The van der Waals surface area contributed by atoms with E-state index in [2.05, 4.69) is 14.8 Å². The predicted molar refractivity (Wildman–Crippen MR) is 94.0 cm³/mol. The third kappa shape index (κ3) is 5.51. The number of nitrogens with zero attached hydrogens (tertiary/aromatic N) is 1. The molecule has 30 heavy (non-hydrogen) atoms. The summed E-state index contributed by atoms with van der Waals surface area (Å²) in [4.78, 5) is 25.7. The molecule has 2 amide bonds. The summed E-state index contributed by atoms with van der Waals surface area (Å²) < 4.78 is 70.3. The zero-order valence-corrected chi connectivity index (χ0v) is 15.9. The quantitative estimate of drug-likeness (QED) is 0.710. The Labute approximate surface area is 169 Å². The first-order valence-corrected chi connectivity index (χ1v) is 9.52. The number of ether oxygens (including phenoxy) is 2. The van der Waals surface area contributed by atoms with Crippen molar-refractivity contribution in [2.45, 2.75) is 57.0 Å². The highest BCUT2D eigenvalue weighted by Gasteiger charge is 2.38. The molecule has 0 aromatic heterocycles. The fraction of sp³-hybridized carbons (Fsp3) is 0.579. The number of fused-ring (bicyclic) bond motifs is 1. The van der Waals surface area contributed by atoms with Crippen molar-refractivity contribution in [1.29, 1.82) is 0 Å². The summed E-state index contributed by atoms with van der Waals surface area (Å²) in [5.74, 6) is -0.452. The molecule has 2 unspecified atom stereocenters. The molecule has 1 N–H and O–H groups in total. The molecule has 1 aliphatic heterocycles. The van der Waals surface area contributed by atoms with Gasteiger partial charge in [-0.3, -0.25) is 9.69 Å². The highest BCUT2D eigenvalue weighted by molar-refractivity contribution is 5.86. The van der Waals surface area contributed by atoms with Crippen LogP contribution in [-0.2, 0) is 16.0 Å². The number of benzene rings is 1. The number of nitrogens with one attached hydrogen (secondary N) is 1. The van der Waals surface area contributed by atoms with E-state index in [0.717, 1.165) is 16.0 Å². The lowest BCUT2D eigenvalue weighted by Crippen LogP contribution is -2.47. The van der Waals surface area contributed by atoms with E-state index in [9.17, 15) is 31.5 Å². The van der Waals surface area contributed by atoms with Crippen LogP contribution in [0.25, 0.3) is 0 Å². The van der Waals surface area contributed by atoms with E-state index in [-0.39, 0.29) is 12.3 Å². The van der Waals surface area contributed by atoms with Crippen LogP contribution in [0, 0.1) is 0 Å². The minimum Gasteiger partial charge on any atom is -0.440 e. The molecule has 1 aliphatic carbocycles. The number of likely N-dealkylation sites (tertiary alicyclic amines) is 1. The lowest BCUT2D eigenvalue weighted by Gasteiger charge is -2.30. The topological polar surface area (TPSA) is 67.9 Å². The van der Waals surface area contributed by atoms with Gasteiger partial charge in [0.05, 0.1) is 6.04 Å². The lowest BCUT2D eigenvalue weighted by molar-refractivity contribution is -0.162. The minimum absolute atomic E-state index is 0.0325. The first-order chi connectivity index (χ1) is 14.1. The molecule has 1 fully saturated rings. The number of carbonyl (C=O) groups is 2. The average Bonchev–Trinajstić information content (AvgIpc) is 3.15. The summed E-state index contributed by atoms with van der Waals surface area (Å²) in [5.41, 5.74) is 1.54. The normalized spacial score (nSPS) is 21.3.